The Bertz CT molecular complexity index is 312. The molecule has 2 fully saturated rings. The maximum absolute atomic E-state index is 12.0. The zero-order valence-electron chi connectivity index (χ0n) is 10.0. The normalized spacial score (nSPS) is 24.2. The van der Waals surface area contributed by atoms with Gasteiger partial charge in [-0.05, 0) is 38.8 Å². The average Bonchev–Trinajstić information content (AvgIpc) is 2.31. The fourth-order valence-corrected chi connectivity index (χ4v) is 3.88. The van der Waals surface area contributed by atoms with Crippen LogP contribution in [0.5, 0.6) is 0 Å². The molecular weight excluding hydrogens is 262 g/mol. The fraction of sp³-hybridized carbons (Fsp3) is 1.00. The Morgan fingerprint density at radius 1 is 1.06 bits per heavy atom. The van der Waals surface area contributed by atoms with Crippen LogP contribution in [0.1, 0.15) is 32.1 Å². The molecule has 2 aliphatic rings. The highest BCUT2D eigenvalue weighted by molar-refractivity contribution is 7.87. The first-order valence-corrected chi connectivity index (χ1v) is 7.60. The number of piperidine rings is 2. The van der Waals surface area contributed by atoms with Crippen molar-refractivity contribution in [2.45, 2.75) is 38.1 Å². The van der Waals surface area contributed by atoms with E-state index in [0.29, 0.717) is 13.1 Å². The van der Waals surface area contributed by atoms with Crippen LogP contribution in [0.15, 0.2) is 0 Å². The lowest BCUT2D eigenvalue weighted by molar-refractivity contribution is 0.332. The number of hydrogen-bond donors (Lipinski definition) is 2. The van der Waals surface area contributed by atoms with Crippen LogP contribution in [-0.2, 0) is 10.2 Å². The van der Waals surface area contributed by atoms with Crippen molar-refractivity contribution >= 4 is 22.6 Å². The number of rotatable bonds is 3. The van der Waals surface area contributed by atoms with E-state index < -0.39 is 10.2 Å². The Hall–Kier alpha value is 0.120. The van der Waals surface area contributed by atoms with Gasteiger partial charge in [0.1, 0.15) is 0 Å². The first-order valence-electron chi connectivity index (χ1n) is 6.16. The summed E-state index contributed by atoms with van der Waals surface area (Å²) in [5.41, 5.74) is 0. The second-order valence-corrected chi connectivity index (χ2v) is 6.31. The molecule has 17 heavy (non-hydrogen) atoms. The molecule has 7 heteroatoms. The molecule has 2 rings (SSSR count). The third-order valence-corrected chi connectivity index (χ3v) is 4.99. The highest BCUT2D eigenvalue weighted by atomic mass is 35.5. The topological polar surface area (TPSA) is 61.4 Å². The molecule has 0 bridgehead atoms. The van der Waals surface area contributed by atoms with Crippen molar-refractivity contribution in [1.82, 2.24) is 14.3 Å². The van der Waals surface area contributed by atoms with Crippen LogP contribution in [-0.4, -0.2) is 44.9 Å². The molecule has 102 valence electrons. The second kappa shape index (κ2) is 6.89. The van der Waals surface area contributed by atoms with Crippen molar-refractivity contribution in [1.29, 1.82) is 0 Å². The minimum Gasteiger partial charge on any atom is -0.317 e. The first-order chi connectivity index (χ1) is 7.68. The van der Waals surface area contributed by atoms with Crippen LogP contribution in [0.25, 0.3) is 0 Å². The van der Waals surface area contributed by atoms with Crippen molar-refractivity contribution < 1.29 is 8.42 Å². The molecule has 2 aliphatic heterocycles. The van der Waals surface area contributed by atoms with Crippen LogP contribution in [0.4, 0.5) is 0 Å². The molecule has 0 spiro atoms. The van der Waals surface area contributed by atoms with E-state index in [9.17, 15) is 8.42 Å². The highest BCUT2D eigenvalue weighted by Crippen LogP contribution is 2.13. The van der Waals surface area contributed by atoms with Gasteiger partial charge in [-0.25, -0.2) is 0 Å². The van der Waals surface area contributed by atoms with E-state index in [2.05, 4.69) is 10.0 Å². The summed E-state index contributed by atoms with van der Waals surface area (Å²) in [5, 5.41) is 3.23. The molecule has 0 aromatic carbocycles. The van der Waals surface area contributed by atoms with Gasteiger partial charge in [0.05, 0.1) is 0 Å². The van der Waals surface area contributed by atoms with Crippen molar-refractivity contribution in [2.24, 2.45) is 0 Å². The lowest BCUT2D eigenvalue weighted by Crippen LogP contribution is -2.49. The molecule has 2 N–H and O–H groups in total. The molecule has 0 atom stereocenters. The molecule has 0 aromatic rings. The van der Waals surface area contributed by atoms with Gasteiger partial charge in [0.15, 0.2) is 0 Å². The number of hydrogen-bond acceptors (Lipinski definition) is 3. The lowest BCUT2D eigenvalue weighted by Gasteiger charge is -2.30. The van der Waals surface area contributed by atoms with Crippen molar-refractivity contribution in [3.8, 4) is 0 Å². The van der Waals surface area contributed by atoms with E-state index in [4.69, 9.17) is 0 Å². The smallest absolute Gasteiger partial charge is 0.279 e. The average molecular weight is 284 g/mol. The summed E-state index contributed by atoms with van der Waals surface area (Å²) in [6, 6.07) is 0.119. The van der Waals surface area contributed by atoms with E-state index in [1.165, 1.54) is 0 Å². The highest BCUT2D eigenvalue weighted by Gasteiger charge is 2.27. The van der Waals surface area contributed by atoms with E-state index in [1.54, 1.807) is 4.31 Å². The van der Waals surface area contributed by atoms with Crippen LogP contribution in [0, 0.1) is 0 Å². The minimum absolute atomic E-state index is 0. The first kappa shape index (κ1) is 15.2. The minimum atomic E-state index is -3.23. The zero-order chi connectivity index (χ0) is 11.4. The summed E-state index contributed by atoms with van der Waals surface area (Å²) in [6.45, 7) is 3.18. The lowest BCUT2D eigenvalue weighted by atomic mass is 10.1. The van der Waals surface area contributed by atoms with Crippen molar-refractivity contribution in [2.75, 3.05) is 26.2 Å². The maximum Gasteiger partial charge on any atom is 0.279 e. The predicted molar refractivity (Wildman–Crippen MR) is 70.6 cm³/mol. The van der Waals surface area contributed by atoms with Gasteiger partial charge in [-0.1, -0.05) is 6.42 Å². The molecule has 5 nitrogen and oxygen atoms in total. The molecule has 0 radical (unpaired) electrons. The van der Waals surface area contributed by atoms with Crippen LogP contribution < -0.4 is 10.0 Å². The predicted octanol–water partition coefficient (Wildman–Crippen LogP) is 0.480. The number of nitrogens with zero attached hydrogens (tertiary/aromatic N) is 1. The van der Waals surface area contributed by atoms with E-state index >= 15 is 0 Å². The molecule has 2 saturated heterocycles. The number of nitrogens with one attached hydrogen (secondary N) is 2. The van der Waals surface area contributed by atoms with Gasteiger partial charge in [0, 0.05) is 19.1 Å². The summed E-state index contributed by atoms with van der Waals surface area (Å²) in [6.07, 6.45) is 4.93. The summed E-state index contributed by atoms with van der Waals surface area (Å²) >= 11 is 0. The summed E-state index contributed by atoms with van der Waals surface area (Å²) in [4.78, 5) is 0. The Kier molecular flexibility index (Phi) is 6.16. The largest absolute Gasteiger partial charge is 0.317 e. The van der Waals surface area contributed by atoms with Gasteiger partial charge < -0.3 is 5.32 Å². The van der Waals surface area contributed by atoms with Crippen LogP contribution >= 0.6 is 12.4 Å². The van der Waals surface area contributed by atoms with Gasteiger partial charge in [0.2, 0.25) is 0 Å². The SMILES string of the molecule is Cl.O=S(=O)(NC1CCNCC1)N1CCCCC1. The molecule has 0 saturated carbocycles. The van der Waals surface area contributed by atoms with Crippen LogP contribution in [0.2, 0.25) is 0 Å². The summed E-state index contributed by atoms with van der Waals surface area (Å²) < 4.78 is 28.5. The van der Waals surface area contributed by atoms with Gasteiger partial charge in [-0.15, -0.1) is 12.4 Å². The molecule has 0 unspecified atom stereocenters. The van der Waals surface area contributed by atoms with Crippen molar-refractivity contribution in [3.63, 3.8) is 0 Å². The Morgan fingerprint density at radius 3 is 2.24 bits per heavy atom. The quantitative estimate of drug-likeness (QED) is 0.792. The summed E-state index contributed by atoms with van der Waals surface area (Å²) in [5.74, 6) is 0. The fourth-order valence-electron chi connectivity index (χ4n) is 2.33. The van der Waals surface area contributed by atoms with Gasteiger partial charge in [-0.3, -0.25) is 0 Å². The third kappa shape index (κ3) is 4.37. The summed E-state index contributed by atoms with van der Waals surface area (Å²) in [7, 11) is -3.23. The van der Waals surface area contributed by atoms with Gasteiger partial charge in [0.25, 0.3) is 10.2 Å². The van der Waals surface area contributed by atoms with Gasteiger partial charge >= 0.3 is 0 Å². The Balaban J connectivity index is 0.00000144. The molecule has 0 aliphatic carbocycles. The number of halogens is 1. The monoisotopic (exact) mass is 283 g/mol. The zero-order valence-corrected chi connectivity index (χ0v) is 11.7. The van der Waals surface area contributed by atoms with Crippen LogP contribution in [0.3, 0.4) is 0 Å². The van der Waals surface area contributed by atoms with E-state index in [0.717, 1.165) is 45.2 Å². The molecular formula is C10H22ClN3O2S. The second-order valence-electron chi connectivity index (χ2n) is 4.61. The Morgan fingerprint density at radius 2 is 1.65 bits per heavy atom. The van der Waals surface area contributed by atoms with Gasteiger partial charge in [-0.2, -0.15) is 17.4 Å². The molecule has 0 aromatic heterocycles. The molecule has 0 amide bonds. The maximum atomic E-state index is 12.0. The standard InChI is InChI=1S/C10H21N3O2S.ClH/c14-16(15,13-8-2-1-3-9-13)12-10-4-6-11-7-5-10;/h10-12H,1-9H2;1H. The Labute approximate surface area is 110 Å². The van der Waals surface area contributed by atoms with E-state index in [-0.39, 0.29) is 18.4 Å². The molecule has 2 heterocycles. The van der Waals surface area contributed by atoms with Crippen molar-refractivity contribution in [3.05, 3.63) is 0 Å². The third-order valence-electron chi connectivity index (χ3n) is 3.31. The van der Waals surface area contributed by atoms with E-state index in [1.807, 2.05) is 0 Å².